The highest BCUT2D eigenvalue weighted by Crippen LogP contribution is 2.22. The number of hydrogen-bond acceptors (Lipinski definition) is 2. The Bertz CT molecular complexity index is 472. The lowest BCUT2D eigenvalue weighted by atomic mass is 10.0. The van der Waals surface area contributed by atoms with Gasteiger partial charge in [-0.05, 0) is 0 Å². The van der Waals surface area contributed by atoms with Gasteiger partial charge >= 0.3 is 0 Å². The molecular formula is C10H12FN3. The summed E-state index contributed by atoms with van der Waals surface area (Å²) in [5.41, 5.74) is 1.59. The van der Waals surface area contributed by atoms with Gasteiger partial charge in [-0.25, -0.2) is 9.37 Å². The summed E-state index contributed by atoms with van der Waals surface area (Å²) >= 11 is 0. The number of hydrogen-bond donors (Lipinski definition) is 2. The van der Waals surface area contributed by atoms with Crippen LogP contribution >= 0.6 is 0 Å². The maximum atomic E-state index is 12.9. The summed E-state index contributed by atoms with van der Waals surface area (Å²) in [4.78, 5) is 7.02. The third-order valence-corrected chi connectivity index (χ3v) is 2.30. The van der Waals surface area contributed by atoms with Crippen LogP contribution in [0.5, 0.6) is 0 Å². The normalized spacial score (nSPS) is 25.6. The third-order valence-electron chi connectivity index (χ3n) is 2.30. The van der Waals surface area contributed by atoms with E-state index in [2.05, 4.69) is 21.9 Å². The van der Waals surface area contributed by atoms with Crippen molar-refractivity contribution in [3.63, 3.8) is 0 Å². The first kappa shape index (κ1) is 8.99. The number of H-pyrrole nitrogens is 1. The lowest BCUT2D eigenvalue weighted by Crippen LogP contribution is -2.26. The standard InChI is InChI=1S/C10H12FN3/c1-6-3-8(11)4-13-10(6)9-5-12-7(2)14-9/h4-6,13-14H,2-3H2,1H3. The molecule has 1 unspecified atom stereocenters. The van der Waals surface area contributed by atoms with E-state index in [4.69, 9.17) is 0 Å². The van der Waals surface area contributed by atoms with E-state index in [0.29, 0.717) is 11.9 Å². The number of halogens is 1. The van der Waals surface area contributed by atoms with Crippen molar-refractivity contribution in [3.8, 4) is 0 Å². The predicted octanol–water partition coefficient (Wildman–Crippen LogP) is 0.368. The highest BCUT2D eigenvalue weighted by molar-refractivity contribution is 5.46. The molecule has 0 fully saturated rings. The number of aromatic nitrogens is 2. The minimum Gasteiger partial charge on any atom is -0.361 e. The molecule has 0 saturated carbocycles. The molecule has 1 aromatic heterocycles. The van der Waals surface area contributed by atoms with Crippen molar-refractivity contribution in [2.75, 3.05) is 0 Å². The van der Waals surface area contributed by atoms with Gasteiger partial charge in [0, 0.05) is 24.2 Å². The molecular weight excluding hydrogens is 181 g/mol. The smallest absolute Gasteiger partial charge is 0.123 e. The zero-order valence-corrected chi connectivity index (χ0v) is 7.97. The zero-order valence-electron chi connectivity index (χ0n) is 7.97. The van der Waals surface area contributed by atoms with Gasteiger partial charge in [-0.15, -0.1) is 0 Å². The van der Waals surface area contributed by atoms with Crippen molar-refractivity contribution in [1.82, 2.24) is 15.3 Å². The van der Waals surface area contributed by atoms with Crippen LogP contribution in [0.2, 0.25) is 0 Å². The molecule has 0 amide bonds. The van der Waals surface area contributed by atoms with Crippen molar-refractivity contribution in [2.24, 2.45) is 5.92 Å². The first-order valence-corrected chi connectivity index (χ1v) is 4.52. The van der Waals surface area contributed by atoms with Gasteiger partial charge in [-0.3, -0.25) is 0 Å². The molecule has 4 heteroatoms. The Balaban J connectivity index is 2.50. The fourth-order valence-electron chi connectivity index (χ4n) is 1.59. The van der Waals surface area contributed by atoms with Crippen LogP contribution in [0.3, 0.4) is 0 Å². The fraction of sp³-hybridized carbons (Fsp3) is 0.300. The number of nitrogens with zero attached hydrogens (tertiary/aromatic N) is 1. The van der Waals surface area contributed by atoms with Crippen LogP contribution in [0.15, 0.2) is 18.2 Å². The van der Waals surface area contributed by atoms with Gasteiger partial charge < -0.3 is 10.3 Å². The van der Waals surface area contributed by atoms with E-state index in [1.807, 2.05) is 6.92 Å². The Morgan fingerprint density at radius 2 is 2.43 bits per heavy atom. The van der Waals surface area contributed by atoms with Crippen molar-refractivity contribution in [2.45, 2.75) is 13.3 Å². The molecule has 1 aliphatic heterocycles. The first-order valence-electron chi connectivity index (χ1n) is 4.52. The summed E-state index contributed by atoms with van der Waals surface area (Å²) in [7, 11) is 0. The highest BCUT2D eigenvalue weighted by atomic mass is 19.1. The number of allylic oxidation sites excluding steroid dienone is 1. The second-order valence-corrected chi connectivity index (χ2v) is 3.50. The van der Waals surface area contributed by atoms with Crippen LogP contribution in [0, 0.1) is 5.92 Å². The Labute approximate surface area is 81.1 Å². The topological polar surface area (TPSA) is 40.7 Å². The summed E-state index contributed by atoms with van der Waals surface area (Å²) in [6.07, 6.45) is 3.53. The quantitative estimate of drug-likeness (QED) is 0.625. The number of aromatic amines is 1. The van der Waals surface area contributed by atoms with Gasteiger partial charge in [-0.1, -0.05) is 13.5 Å². The predicted molar refractivity (Wildman–Crippen MR) is 52.9 cm³/mol. The van der Waals surface area contributed by atoms with Crippen LogP contribution in [0.25, 0.3) is 12.3 Å². The molecule has 14 heavy (non-hydrogen) atoms. The molecule has 0 radical (unpaired) electrons. The molecule has 2 rings (SSSR count). The van der Waals surface area contributed by atoms with Crippen molar-refractivity contribution in [1.29, 1.82) is 0 Å². The number of imidazole rings is 1. The van der Waals surface area contributed by atoms with E-state index in [1.54, 1.807) is 6.20 Å². The van der Waals surface area contributed by atoms with Crippen LogP contribution in [-0.4, -0.2) is 9.97 Å². The Hall–Kier alpha value is -1.58. The summed E-state index contributed by atoms with van der Waals surface area (Å²) in [5, 5.41) is 3.81. The van der Waals surface area contributed by atoms with E-state index in [-0.39, 0.29) is 11.7 Å². The maximum Gasteiger partial charge on any atom is 0.123 e. The van der Waals surface area contributed by atoms with Crippen LogP contribution in [0.4, 0.5) is 4.39 Å². The van der Waals surface area contributed by atoms with E-state index < -0.39 is 0 Å². The van der Waals surface area contributed by atoms with Crippen molar-refractivity contribution in [3.05, 3.63) is 29.1 Å². The van der Waals surface area contributed by atoms with Gasteiger partial charge in [0.2, 0.25) is 0 Å². The molecule has 0 aliphatic carbocycles. The van der Waals surface area contributed by atoms with Crippen molar-refractivity contribution < 1.29 is 4.39 Å². The minimum atomic E-state index is -0.115. The Kier molecular flexibility index (Phi) is 2.11. The van der Waals surface area contributed by atoms with Gasteiger partial charge in [0.25, 0.3) is 0 Å². The average molecular weight is 193 g/mol. The van der Waals surface area contributed by atoms with Crippen LogP contribution < -0.4 is 16.1 Å². The summed E-state index contributed by atoms with van der Waals surface area (Å²) < 4.78 is 12.9. The van der Waals surface area contributed by atoms with Crippen LogP contribution in [0.1, 0.15) is 13.3 Å². The zero-order chi connectivity index (χ0) is 10.1. The molecule has 0 aromatic carbocycles. The summed E-state index contributed by atoms with van der Waals surface area (Å²) in [5.74, 6) is 0.0236. The average Bonchev–Trinajstić information content (AvgIpc) is 2.51. The molecule has 2 heterocycles. The Morgan fingerprint density at radius 3 is 3.00 bits per heavy atom. The van der Waals surface area contributed by atoms with E-state index in [9.17, 15) is 4.39 Å². The molecule has 3 nitrogen and oxygen atoms in total. The second-order valence-electron chi connectivity index (χ2n) is 3.50. The number of rotatable bonds is 0. The number of nitrogens with one attached hydrogen (secondary N) is 2. The van der Waals surface area contributed by atoms with Gasteiger partial charge in [0.05, 0.1) is 11.5 Å². The molecule has 0 bridgehead atoms. The van der Waals surface area contributed by atoms with Gasteiger partial charge in [-0.2, -0.15) is 0 Å². The lowest BCUT2D eigenvalue weighted by molar-refractivity contribution is 0.517. The van der Waals surface area contributed by atoms with E-state index in [1.165, 1.54) is 6.20 Å². The monoisotopic (exact) mass is 193 g/mol. The second kappa shape index (κ2) is 3.29. The largest absolute Gasteiger partial charge is 0.361 e. The molecule has 1 atom stereocenters. The molecule has 1 aliphatic rings. The van der Waals surface area contributed by atoms with E-state index in [0.717, 1.165) is 11.0 Å². The third kappa shape index (κ3) is 1.55. The fourth-order valence-corrected chi connectivity index (χ4v) is 1.59. The van der Waals surface area contributed by atoms with Gasteiger partial charge in [0.15, 0.2) is 0 Å². The van der Waals surface area contributed by atoms with Gasteiger partial charge in [0.1, 0.15) is 11.3 Å². The molecule has 1 aromatic rings. The highest BCUT2D eigenvalue weighted by Gasteiger charge is 2.16. The molecule has 74 valence electrons. The molecule has 2 N–H and O–H groups in total. The van der Waals surface area contributed by atoms with E-state index >= 15 is 0 Å². The summed E-state index contributed by atoms with van der Waals surface area (Å²) in [6.45, 7) is 5.65. The van der Waals surface area contributed by atoms with Crippen molar-refractivity contribution >= 4 is 12.3 Å². The summed E-state index contributed by atoms with van der Waals surface area (Å²) in [6, 6.07) is 0. The molecule has 0 saturated heterocycles. The lowest BCUT2D eigenvalue weighted by Gasteiger charge is -2.19. The maximum absolute atomic E-state index is 12.9. The molecule has 0 spiro atoms. The Morgan fingerprint density at radius 1 is 1.64 bits per heavy atom. The first-order chi connectivity index (χ1) is 6.66. The van der Waals surface area contributed by atoms with Crippen LogP contribution in [-0.2, 0) is 0 Å². The minimum absolute atomic E-state index is 0.115. The SMILES string of the molecule is C=c1ncc(=C2NC=C(F)CC2C)[nH]1.